The summed E-state index contributed by atoms with van der Waals surface area (Å²) < 4.78 is 16.7. The lowest BCUT2D eigenvalue weighted by Crippen LogP contribution is -2.45. The number of benzene rings is 2. The molecule has 3 aromatic rings. The van der Waals surface area contributed by atoms with E-state index in [0.717, 1.165) is 67.8 Å². The molecule has 1 fully saturated rings. The largest absolute Gasteiger partial charge is 0.493 e. The molecule has 0 saturated carbocycles. The molecule has 1 aliphatic rings. The van der Waals surface area contributed by atoms with Crippen LogP contribution in [0.4, 0.5) is 0 Å². The van der Waals surface area contributed by atoms with Gasteiger partial charge in [-0.05, 0) is 42.3 Å². The molecule has 0 amide bonds. The van der Waals surface area contributed by atoms with Crippen LogP contribution in [-0.2, 0) is 13.1 Å². The molecule has 0 bridgehead atoms. The van der Waals surface area contributed by atoms with E-state index in [1.807, 2.05) is 24.3 Å². The molecule has 1 saturated heterocycles. The average Bonchev–Trinajstić information content (AvgIpc) is 3.13. The topological polar surface area (TPSA) is 51.0 Å². The molecule has 2 aromatic carbocycles. The molecule has 148 valence electrons. The van der Waals surface area contributed by atoms with Crippen molar-refractivity contribution in [2.75, 3.05) is 40.4 Å². The standard InChI is InChI=1S/C22H27N3O3/c1-16-12-20(26-2)21(27-3)13-17(16)14-24-8-10-25(11-9-24)15-22-23-18-6-4-5-7-19(18)28-22/h4-7,12-13H,8-11,14-15H2,1-3H3. The van der Waals surface area contributed by atoms with E-state index in [4.69, 9.17) is 13.9 Å². The lowest BCUT2D eigenvalue weighted by Gasteiger charge is -2.34. The minimum atomic E-state index is 0.762. The molecule has 0 radical (unpaired) electrons. The van der Waals surface area contributed by atoms with Crippen LogP contribution in [0.15, 0.2) is 40.8 Å². The van der Waals surface area contributed by atoms with Gasteiger partial charge in [0.25, 0.3) is 0 Å². The first kappa shape index (κ1) is 18.8. The third kappa shape index (κ3) is 3.98. The zero-order valence-corrected chi connectivity index (χ0v) is 16.8. The fraction of sp³-hybridized carbons (Fsp3) is 0.409. The maximum Gasteiger partial charge on any atom is 0.209 e. The van der Waals surface area contributed by atoms with Crippen LogP contribution in [0.2, 0.25) is 0 Å². The highest BCUT2D eigenvalue weighted by molar-refractivity contribution is 5.72. The maximum absolute atomic E-state index is 5.86. The molecule has 1 aliphatic heterocycles. The number of piperazine rings is 1. The van der Waals surface area contributed by atoms with Crippen LogP contribution in [0.3, 0.4) is 0 Å². The zero-order valence-electron chi connectivity index (χ0n) is 16.8. The second kappa shape index (κ2) is 8.20. The number of para-hydroxylation sites is 2. The number of nitrogens with zero attached hydrogens (tertiary/aromatic N) is 3. The van der Waals surface area contributed by atoms with Gasteiger partial charge >= 0.3 is 0 Å². The number of fused-ring (bicyclic) bond motifs is 1. The number of methoxy groups -OCH3 is 2. The third-order valence-corrected chi connectivity index (χ3v) is 5.40. The first-order chi connectivity index (χ1) is 13.7. The van der Waals surface area contributed by atoms with Gasteiger partial charge < -0.3 is 13.9 Å². The van der Waals surface area contributed by atoms with Crippen LogP contribution in [-0.4, -0.2) is 55.2 Å². The molecule has 4 rings (SSSR count). The summed E-state index contributed by atoms with van der Waals surface area (Å²) in [5.74, 6) is 2.37. The molecule has 0 spiro atoms. The molecule has 28 heavy (non-hydrogen) atoms. The van der Waals surface area contributed by atoms with Gasteiger partial charge in [-0.1, -0.05) is 12.1 Å². The van der Waals surface area contributed by atoms with Gasteiger partial charge in [0.2, 0.25) is 5.89 Å². The highest BCUT2D eigenvalue weighted by Crippen LogP contribution is 2.31. The van der Waals surface area contributed by atoms with Gasteiger partial charge in [0, 0.05) is 32.7 Å². The van der Waals surface area contributed by atoms with Crippen molar-refractivity contribution < 1.29 is 13.9 Å². The molecule has 1 aromatic heterocycles. The van der Waals surface area contributed by atoms with Crippen LogP contribution < -0.4 is 9.47 Å². The summed E-state index contributed by atoms with van der Waals surface area (Å²) in [6, 6.07) is 12.1. The van der Waals surface area contributed by atoms with E-state index in [-0.39, 0.29) is 0 Å². The third-order valence-electron chi connectivity index (χ3n) is 5.40. The van der Waals surface area contributed by atoms with E-state index in [0.29, 0.717) is 0 Å². The number of hydrogen-bond donors (Lipinski definition) is 0. The summed E-state index contributed by atoms with van der Waals surface area (Å²) in [4.78, 5) is 9.48. The Kier molecular flexibility index (Phi) is 5.50. The number of ether oxygens (including phenoxy) is 2. The van der Waals surface area contributed by atoms with Crippen molar-refractivity contribution in [1.29, 1.82) is 0 Å². The van der Waals surface area contributed by atoms with Crippen LogP contribution in [0, 0.1) is 6.92 Å². The second-order valence-corrected chi connectivity index (χ2v) is 7.26. The summed E-state index contributed by atoms with van der Waals surface area (Å²) in [6.07, 6.45) is 0. The van der Waals surface area contributed by atoms with E-state index in [9.17, 15) is 0 Å². The molecular formula is C22H27N3O3. The molecule has 0 atom stereocenters. The molecule has 2 heterocycles. The van der Waals surface area contributed by atoms with Crippen molar-refractivity contribution in [1.82, 2.24) is 14.8 Å². The number of oxazole rings is 1. The summed E-state index contributed by atoms with van der Waals surface area (Å²) in [5, 5.41) is 0. The minimum absolute atomic E-state index is 0.762. The van der Waals surface area contributed by atoms with Gasteiger partial charge in [0.15, 0.2) is 17.1 Å². The fourth-order valence-electron chi connectivity index (χ4n) is 3.72. The van der Waals surface area contributed by atoms with E-state index < -0.39 is 0 Å². The maximum atomic E-state index is 5.86. The second-order valence-electron chi connectivity index (χ2n) is 7.26. The van der Waals surface area contributed by atoms with Crippen molar-refractivity contribution in [3.8, 4) is 11.5 Å². The van der Waals surface area contributed by atoms with E-state index in [1.54, 1.807) is 14.2 Å². The van der Waals surface area contributed by atoms with Crippen molar-refractivity contribution in [3.63, 3.8) is 0 Å². The molecular weight excluding hydrogens is 354 g/mol. The number of hydrogen-bond acceptors (Lipinski definition) is 6. The zero-order chi connectivity index (χ0) is 19.5. The minimum Gasteiger partial charge on any atom is -0.493 e. The van der Waals surface area contributed by atoms with Crippen LogP contribution in [0.1, 0.15) is 17.0 Å². The van der Waals surface area contributed by atoms with Gasteiger partial charge in [-0.25, -0.2) is 4.98 Å². The Morgan fingerprint density at radius 3 is 2.25 bits per heavy atom. The Balaban J connectivity index is 1.35. The first-order valence-corrected chi connectivity index (χ1v) is 9.67. The quantitative estimate of drug-likeness (QED) is 0.652. The highest BCUT2D eigenvalue weighted by atomic mass is 16.5. The predicted molar refractivity (Wildman–Crippen MR) is 109 cm³/mol. The van der Waals surface area contributed by atoms with Gasteiger partial charge in [0.05, 0.1) is 20.8 Å². The van der Waals surface area contributed by atoms with Gasteiger partial charge in [-0.2, -0.15) is 0 Å². The average molecular weight is 381 g/mol. The van der Waals surface area contributed by atoms with E-state index in [1.165, 1.54) is 11.1 Å². The summed E-state index contributed by atoms with van der Waals surface area (Å²) >= 11 is 0. The Hall–Kier alpha value is -2.57. The normalized spacial score (nSPS) is 15.8. The van der Waals surface area contributed by atoms with Gasteiger partial charge in [-0.15, -0.1) is 0 Å². The predicted octanol–water partition coefficient (Wildman–Crippen LogP) is 3.47. The number of rotatable bonds is 6. The van der Waals surface area contributed by atoms with E-state index in [2.05, 4.69) is 33.8 Å². The molecule has 0 N–H and O–H groups in total. The number of aromatic nitrogens is 1. The lowest BCUT2D eigenvalue weighted by molar-refractivity contribution is 0.115. The Bertz CT molecular complexity index is 912. The molecule has 6 heteroatoms. The molecule has 0 unspecified atom stereocenters. The van der Waals surface area contributed by atoms with Crippen molar-refractivity contribution in [2.45, 2.75) is 20.0 Å². The summed E-state index contributed by atoms with van der Waals surface area (Å²) in [5.41, 5.74) is 4.30. The Morgan fingerprint density at radius 1 is 0.929 bits per heavy atom. The fourth-order valence-corrected chi connectivity index (χ4v) is 3.72. The Morgan fingerprint density at radius 2 is 1.57 bits per heavy atom. The van der Waals surface area contributed by atoms with E-state index >= 15 is 0 Å². The van der Waals surface area contributed by atoms with Gasteiger partial charge in [0.1, 0.15) is 5.52 Å². The van der Waals surface area contributed by atoms with Crippen LogP contribution in [0.5, 0.6) is 11.5 Å². The van der Waals surface area contributed by atoms with Crippen LogP contribution in [0.25, 0.3) is 11.1 Å². The van der Waals surface area contributed by atoms with Crippen molar-refractivity contribution in [2.24, 2.45) is 0 Å². The summed E-state index contributed by atoms with van der Waals surface area (Å²) in [6.45, 7) is 7.86. The lowest BCUT2D eigenvalue weighted by atomic mass is 10.1. The van der Waals surface area contributed by atoms with Crippen molar-refractivity contribution >= 4 is 11.1 Å². The molecule has 6 nitrogen and oxygen atoms in total. The first-order valence-electron chi connectivity index (χ1n) is 9.67. The SMILES string of the molecule is COc1cc(C)c(CN2CCN(Cc3nc4ccccc4o3)CC2)cc1OC. The van der Waals surface area contributed by atoms with Gasteiger partial charge in [-0.3, -0.25) is 9.80 Å². The van der Waals surface area contributed by atoms with Crippen molar-refractivity contribution in [3.05, 3.63) is 53.4 Å². The number of aryl methyl sites for hydroxylation is 1. The molecule has 0 aliphatic carbocycles. The summed E-state index contributed by atoms with van der Waals surface area (Å²) in [7, 11) is 3.36. The highest BCUT2D eigenvalue weighted by Gasteiger charge is 2.20. The van der Waals surface area contributed by atoms with Crippen LogP contribution >= 0.6 is 0 Å². The Labute approximate surface area is 165 Å². The smallest absolute Gasteiger partial charge is 0.209 e. The monoisotopic (exact) mass is 381 g/mol.